The molecule has 104 valence electrons. The molecule has 20 heavy (non-hydrogen) atoms. The van der Waals surface area contributed by atoms with Crippen LogP contribution in [0.2, 0.25) is 0 Å². The minimum Gasteiger partial charge on any atom is -0.497 e. The second-order valence-corrected chi connectivity index (χ2v) is 6.31. The number of hydrogen-bond donors (Lipinski definition) is 2. The number of nitrogens with one attached hydrogen (secondary N) is 1. The van der Waals surface area contributed by atoms with Crippen LogP contribution in [0.4, 0.5) is 5.69 Å². The molecule has 2 aromatic carbocycles. The van der Waals surface area contributed by atoms with Gasteiger partial charge in [-0.25, -0.2) is 0 Å². The van der Waals surface area contributed by atoms with Crippen LogP contribution in [0.3, 0.4) is 0 Å². The van der Waals surface area contributed by atoms with Crippen molar-refractivity contribution in [2.24, 2.45) is 0 Å². The molecule has 0 fully saturated rings. The first kappa shape index (κ1) is 15.4. The summed E-state index contributed by atoms with van der Waals surface area (Å²) in [7, 11) is 1.58. The molecule has 1 amide bonds. The number of carbonyl (C=O) groups is 1. The molecule has 2 rings (SSSR count). The molecular weight excluding hydrogens is 406 g/mol. The minimum atomic E-state index is -0.220. The summed E-state index contributed by atoms with van der Waals surface area (Å²) in [6, 6.07) is 10.7. The third-order valence-electron chi connectivity index (χ3n) is 2.57. The number of methoxy groups -OCH3 is 1. The molecule has 0 unspecified atom stereocenters. The molecule has 3 nitrogen and oxygen atoms in total. The number of rotatable bonds is 3. The zero-order chi connectivity index (χ0) is 14.7. The monoisotopic (exact) mass is 415 g/mol. The van der Waals surface area contributed by atoms with Gasteiger partial charge in [0.15, 0.2) is 0 Å². The van der Waals surface area contributed by atoms with Crippen molar-refractivity contribution < 1.29 is 9.53 Å². The van der Waals surface area contributed by atoms with Gasteiger partial charge in [0.25, 0.3) is 5.91 Å². The lowest BCUT2D eigenvalue weighted by Gasteiger charge is -2.09. The Morgan fingerprint density at radius 3 is 2.55 bits per heavy atom. The van der Waals surface area contributed by atoms with Crippen LogP contribution in [-0.2, 0) is 0 Å². The molecule has 0 aromatic heterocycles. The Hall–Kier alpha value is -0.980. The molecule has 0 heterocycles. The number of halogens is 2. The van der Waals surface area contributed by atoms with E-state index in [9.17, 15) is 4.79 Å². The zero-order valence-electron chi connectivity index (χ0n) is 10.5. The molecule has 0 aliphatic carbocycles. The van der Waals surface area contributed by atoms with Crippen molar-refractivity contribution in [3.8, 4) is 5.75 Å². The Morgan fingerprint density at radius 1 is 1.15 bits per heavy atom. The summed E-state index contributed by atoms with van der Waals surface area (Å²) in [5, 5.41) is 2.82. The third kappa shape index (κ3) is 3.77. The van der Waals surface area contributed by atoms with Crippen molar-refractivity contribution >= 4 is 56.1 Å². The first-order valence-electron chi connectivity index (χ1n) is 5.64. The number of benzene rings is 2. The van der Waals surface area contributed by atoms with Gasteiger partial charge in [-0.15, -0.1) is 12.6 Å². The second kappa shape index (κ2) is 6.65. The highest BCUT2D eigenvalue weighted by Gasteiger charge is 2.11. The molecule has 0 radical (unpaired) electrons. The lowest BCUT2D eigenvalue weighted by atomic mass is 10.2. The molecule has 0 spiro atoms. The second-order valence-electron chi connectivity index (χ2n) is 4.00. The molecule has 0 atom stereocenters. The highest BCUT2D eigenvalue weighted by molar-refractivity contribution is 9.10. The molecular formula is C14H11Br2NO2S. The summed E-state index contributed by atoms with van der Waals surface area (Å²) in [5.41, 5.74) is 1.16. The van der Waals surface area contributed by atoms with Crippen molar-refractivity contribution in [3.63, 3.8) is 0 Å². The van der Waals surface area contributed by atoms with E-state index in [4.69, 9.17) is 4.74 Å². The first-order chi connectivity index (χ1) is 9.49. The summed E-state index contributed by atoms with van der Waals surface area (Å²) in [6.07, 6.45) is 0. The highest BCUT2D eigenvalue weighted by atomic mass is 79.9. The van der Waals surface area contributed by atoms with E-state index < -0.39 is 0 Å². The van der Waals surface area contributed by atoms with Crippen LogP contribution in [0.25, 0.3) is 0 Å². The molecule has 0 aliphatic rings. The number of hydrogen-bond acceptors (Lipinski definition) is 3. The van der Waals surface area contributed by atoms with Crippen LogP contribution >= 0.6 is 44.5 Å². The maximum absolute atomic E-state index is 12.2. The fraction of sp³-hybridized carbons (Fsp3) is 0.0714. The van der Waals surface area contributed by atoms with E-state index in [2.05, 4.69) is 49.8 Å². The average molecular weight is 417 g/mol. The predicted octanol–water partition coefficient (Wildman–Crippen LogP) is 4.76. The molecule has 0 saturated heterocycles. The first-order valence-corrected chi connectivity index (χ1v) is 7.67. The van der Waals surface area contributed by atoms with Gasteiger partial charge in [0, 0.05) is 25.6 Å². The molecule has 1 N–H and O–H groups in total. The van der Waals surface area contributed by atoms with E-state index in [0.717, 1.165) is 8.95 Å². The van der Waals surface area contributed by atoms with Crippen LogP contribution in [-0.4, -0.2) is 13.0 Å². The standard InChI is InChI=1S/C14H11Br2NO2S/c1-19-11-5-9(16)4-10(7-11)17-14(18)12-3-2-8(15)6-13(12)20/h2-7,20H,1H3,(H,17,18). The molecule has 0 aliphatic heterocycles. The number of thiol groups is 1. The Labute approximate surface area is 139 Å². The lowest BCUT2D eigenvalue weighted by molar-refractivity contribution is 0.102. The highest BCUT2D eigenvalue weighted by Crippen LogP contribution is 2.26. The summed E-state index contributed by atoms with van der Waals surface area (Å²) in [6.45, 7) is 0. The van der Waals surface area contributed by atoms with Crippen LogP contribution in [0.1, 0.15) is 10.4 Å². The van der Waals surface area contributed by atoms with Crippen LogP contribution < -0.4 is 10.1 Å². The summed E-state index contributed by atoms with van der Waals surface area (Å²) in [4.78, 5) is 12.8. The smallest absolute Gasteiger partial charge is 0.256 e. The molecule has 6 heteroatoms. The van der Waals surface area contributed by atoms with Crippen LogP contribution in [0.15, 0.2) is 50.2 Å². The van der Waals surface area contributed by atoms with Gasteiger partial charge >= 0.3 is 0 Å². The number of amides is 1. The van der Waals surface area contributed by atoms with E-state index in [1.54, 1.807) is 37.4 Å². The number of ether oxygens (including phenoxy) is 1. The van der Waals surface area contributed by atoms with Crippen molar-refractivity contribution in [3.05, 3.63) is 50.9 Å². The van der Waals surface area contributed by atoms with Crippen molar-refractivity contribution in [2.45, 2.75) is 4.90 Å². The van der Waals surface area contributed by atoms with Crippen molar-refractivity contribution in [1.82, 2.24) is 0 Å². The summed E-state index contributed by atoms with van der Waals surface area (Å²) in [5.74, 6) is 0.444. The van der Waals surface area contributed by atoms with Crippen molar-refractivity contribution in [1.29, 1.82) is 0 Å². The van der Waals surface area contributed by atoms with E-state index >= 15 is 0 Å². The van der Waals surface area contributed by atoms with Gasteiger partial charge in [0.2, 0.25) is 0 Å². The van der Waals surface area contributed by atoms with Gasteiger partial charge in [-0.1, -0.05) is 31.9 Å². The van der Waals surface area contributed by atoms with E-state index in [1.807, 2.05) is 6.07 Å². The fourth-order valence-electron chi connectivity index (χ4n) is 1.65. The van der Waals surface area contributed by atoms with Gasteiger partial charge in [0.05, 0.1) is 12.7 Å². The minimum absolute atomic E-state index is 0.220. The predicted molar refractivity (Wildman–Crippen MR) is 90.0 cm³/mol. The average Bonchev–Trinajstić information content (AvgIpc) is 2.37. The third-order valence-corrected chi connectivity index (χ3v) is 3.89. The van der Waals surface area contributed by atoms with Gasteiger partial charge in [-0.05, 0) is 30.3 Å². The van der Waals surface area contributed by atoms with Gasteiger partial charge in [0.1, 0.15) is 5.75 Å². The van der Waals surface area contributed by atoms with E-state index in [0.29, 0.717) is 21.9 Å². The quantitative estimate of drug-likeness (QED) is 0.707. The number of carbonyl (C=O) groups excluding carboxylic acids is 1. The Morgan fingerprint density at radius 2 is 1.90 bits per heavy atom. The normalized spacial score (nSPS) is 10.2. The lowest BCUT2D eigenvalue weighted by Crippen LogP contribution is -2.12. The fourth-order valence-corrected chi connectivity index (χ4v) is 2.97. The van der Waals surface area contributed by atoms with Gasteiger partial charge < -0.3 is 10.1 Å². The number of anilines is 1. The largest absolute Gasteiger partial charge is 0.497 e. The maximum Gasteiger partial charge on any atom is 0.256 e. The SMILES string of the molecule is COc1cc(Br)cc(NC(=O)c2ccc(Br)cc2S)c1. The maximum atomic E-state index is 12.2. The zero-order valence-corrected chi connectivity index (χ0v) is 14.6. The molecule has 0 bridgehead atoms. The van der Waals surface area contributed by atoms with Gasteiger partial charge in [-0.2, -0.15) is 0 Å². The Balaban J connectivity index is 2.25. The topological polar surface area (TPSA) is 38.3 Å². The van der Waals surface area contributed by atoms with E-state index in [-0.39, 0.29) is 5.91 Å². The molecule has 2 aromatic rings. The van der Waals surface area contributed by atoms with E-state index in [1.165, 1.54) is 0 Å². The summed E-state index contributed by atoms with van der Waals surface area (Å²) < 4.78 is 6.87. The van der Waals surface area contributed by atoms with Gasteiger partial charge in [-0.3, -0.25) is 4.79 Å². The van der Waals surface area contributed by atoms with Crippen LogP contribution in [0.5, 0.6) is 5.75 Å². The molecule has 0 saturated carbocycles. The summed E-state index contributed by atoms with van der Waals surface area (Å²) >= 11 is 11.0. The Kier molecular flexibility index (Phi) is 5.12. The van der Waals surface area contributed by atoms with Crippen LogP contribution in [0, 0.1) is 0 Å². The van der Waals surface area contributed by atoms with Crippen molar-refractivity contribution in [2.75, 3.05) is 12.4 Å². The Bertz CT molecular complexity index is 662.